The zero-order valence-electron chi connectivity index (χ0n) is 34.3. The highest BCUT2D eigenvalue weighted by Gasteiger charge is 2.52. The van der Waals surface area contributed by atoms with Gasteiger partial charge < -0.3 is 34.0 Å². The molecular weight excluding hydrogens is 789 g/mol. The first-order chi connectivity index (χ1) is 28.6. The van der Waals surface area contributed by atoms with Crippen LogP contribution in [0.1, 0.15) is 77.4 Å². The Morgan fingerprint density at radius 2 is 1.73 bits per heavy atom. The predicted molar refractivity (Wildman–Crippen MR) is 225 cm³/mol. The van der Waals surface area contributed by atoms with Crippen LogP contribution in [0.2, 0.25) is 0 Å². The summed E-state index contributed by atoms with van der Waals surface area (Å²) < 4.78 is 56.9. The van der Waals surface area contributed by atoms with Gasteiger partial charge in [0.15, 0.2) is 0 Å². The number of fused-ring (bicyclic) bond motifs is 5. The summed E-state index contributed by atoms with van der Waals surface area (Å²) in [6, 6.07) is 16.2. The molecule has 2 N–H and O–H groups in total. The number of aromatic nitrogens is 4. The van der Waals surface area contributed by atoms with E-state index in [1.165, 1.54) is 36.6 Å². The quantitative estimate of drug-likeness (QED) is 0.146. The van der Waals surface area contributed by atoms with Crippen LogP contribution in [0.15, 0.2) is 73.1 Å². The summed E-state index contributed by atoms with van der Waals surface area (Å²) in [5.41, 5.74) is 3.35. The molecule has 3 aromatic carbocycles. The summed E-state index contributed by atoms with van der Waals surface area (Å²) in [6.45, 7) is 12.3. The third-order valence-electron chi connectivity index (χ3n) is 12.2. The van der Waals surface area contributed by atoms with Crippen molar-refractivity contribution in [1.82, 2.24) is 29.7 Å². The summed E-state index contributed by atoms with van der Waals surface area (Å²) in [5.74, 6) is -0.341. The van der Waals surface area contributed by atoms with Crippen molar-refractivity contribution in [2.45, 2.75) is 83.9 Å². The second-order valence-electron chi connectivity index (χ2n) is 16.9. The standard InChI is InChI=1S/C44H45BF2N6O6S/c1-23(2)37(51-42(55)56-7)40(54)52-16-8-9-32(52)38-48-21-30(50-38)25-18-29(47)36-33-19-26-17-27(45-58-43(3,4)44(5,6)59-45)12-15-31(26)53(33)41(57-34(36)20-25)35-22-49-39(60-35)24-10-13-28(46)14-11-24/h10-15,17-23,32,37,41H,8-9,16H2,1-7H3,(H,48,50)(H,51,55)/t32-,37-,41?/m0/s1. The van der Waals surface area contributed by atoms with Gasteiger partial charge in [0.25, 0.3) is 0 Å². The summed E-state index contributed by atoms with van der Waals surface area (Å²) in [7, 11) is 0.676. The van der Waals surface area contributed by atoms with Gasteiger partial charge in [-0.05, 0) is 100 Å². The Morgan fingerprint density at radius 1 is 0.983 bits per heavy atom. The van der Waals surface area contributed by atoms with Crippen molar-refractivity contribution in [3.05, 3.63) is 95.4 Å². The summed E-state index contributed by atoms with van der Waals surface area (Å²) in [6.07, 6.45) is 3.40. The predicted octanol–water partition coefficient (Wildman–Crippen LogP) is 8.38. The molecule has 1 unspecified atom stereocenters. The lowest BCUT2D eigenvalue weighted by Gasteiger charge is -2.32. The number of H-pyrrole nitrogens is 1. The number of likely N-dealkylation sites (tertiary alicyclic amines) is 1. The van der Waals surface area contributed by atoms with Crippen LogP contribution in [-0.2, 0) is 18.8 Å². The monoisotopic (exact) mass is 834 g/mol. The summed E-state index contributed by atoms with van der Waals surface area (Å²) in [4.78, 5) is 41.1. The Labute approximate surface area is 350 Å². The van der Waals surface area contributed by atoms with Crippen molar-refractivity contribution in [3.63, 3.8) is 0 Å². The number of amides is 2. The number of nitrogens with one attached hydrogen (secondary N) is 2. The molecule has 2 fully saturated rings. The molecule has 9 rings (SSSR count). The molecule has 16 heteroatoms. The van der Waals surface area contributed by atoms with Crippen LogP contribution >= 0.6 is 11.3 Å². The van der Waals surface area contributed by atoms with Gasteiger partial charge in [0, 0.05) is 29.3 Å². The maximum atomic E-state index is 16.8. The van der Waals surface area contributed by atoms with E-state index in [-0.39, 0.29) is 23.7 Å². The molecular formula is C44H45BF2N6O6S. The van der Waals surface area contributed by atoms with Crippen molar-refractivity contribution in [2.75, 3.05) is 13.7 Å². The van der Waals surface area contributed by atoms with Gasteiger partial charge in [-0.15, -0.1) is 11.3 Å². The number of rotatable bonds is 8. The number of halogens is 2. The molecule has 6 aromatic rings. The van der Waals surface area contributed by atoms with E-state index in [1.54, 1.807) is 35.5 Å². The molecule has 0 saturated carbocycles. The molecule has 0 spiro atoms. The van der Waals surface area contributed by atoms with Crippen LogP contribution in [-0.4, -0.2) is 74.4 Å². The Kier molecular flexibility index (Phi) is 9.87. The number of aromatic amines is 1. The molecule has 0 aliphatic carbocycles. The lowest BCUT2D eigenvalue weighted by molar-refractivity contribution is -0.135. The minimum atomic E-state index is -0.775. The van der Waals surface area contributed by atoms with Gasteiger partial charge in [0.05, 0.1) is 57.9 Å². The Hall–Kier alpha value is -5.58. The molecule has 0 bridgehead atoms. The molecule has 60 heavy (non-hydrogen) atoms. The smallest absolute Gasteiger partial charge is 0.464 e. The van der Waals surface area contributed by atoms with Gasteiger partial charge in [0.1, 0.15) is 34.3 Å². The van der Waals surface area contributed by atoms with Crippen molar-refractivity contribution >= 4 is 46.8 Å². The van der Waals surface area contributed by atoms with Gasteiger partial charge in [-0.3, -0.25) is 9.36 Å². The van der Waals surface area contributed by atoms with Gasteiger partial charge >= 0.3 is 13.2 Å². The fourth-order valence-corrected chi connectivity index (χ4v) is 9.18. The fraction of sp³-hybridized carbons (Fsp3) is 0.364. The van der Waals surface area contributed by atoms with E-state index in [2.05, 4.69) is 20.3 Å². The lowest BCUT2D eigenvalue weighted by atomic mass is 9.78. The van der Waals surface area contributed by atoms with Crippen LogP contribution in [0.3, 0.4) is 0 Å². The maximum Gasteiger partial charge on any atom is 0.494 e. The second kappa shape index (κ2) is 14.9. The van der Waals surface area contributed by atoms with Gasteiger partial charge in [-0.2, -0.15) is 0 Å². The Morgan fingerprint density at radius 3 is 2.45 bits per heavy atom. The topological polar surface area (TPSA) is 133 Å². The first-order valence-corrected chi connectivity index (χ1v) is 20.9. The minimum Gasteiger partial charge on any atom is -0.464 e. The van der Waals surface area contributed by atoms with Crippen molar-refractivity contribution in [3.8, 4) is 38.8 Å². The average Bonchev–Trinajstić information content (AvgIpc) is 4.06. The number of alkyl carbamates (subject to hydrolysis) is 1. The number of methoxy groups -OCH3 is 1. The van der Waals surface area contributed by atoms with E-state index in [9.17, 15) is 14.0 Å². The Balaban J connectivity index is 1.09. The molecule has 6 heterocycles. The first kappa shape index (κ1) is 39.9. The maximum absolute atomic E-state index is 16.8. The summed E-state index contributed by atoms with van der Waals surface area (Å²) >= 11 is 1.41. The van der Waals surface area contributed by atoms with Crippen molar-refractivity contribution in [1.29, 1.82) is 0 Å². The largest absolute Gasteiger partial charge is 0.494 e. The zero-order valence-corrected chi connectivity index (χ0v) is 35.2. The number of thiazole rings is 1. The van der Waals surface area contributed by atoms with Crippen LogP contribution in [0, 0.1) is 17.6 Å². The lowest BCUT2D eigenvalue weighted by Crippen LogP contribution is -2.51. The molecule has 3 atom stereocenters. The number of hydrogen-bond acceptors (Lipinski definition) is 9. The second-order valence-corrected chi connectivity index (χ2v) is 18.0. The first-order valence-electron chi connectivity index (χ1n) is 20.1. The number of hydrogen-bond donors (Lipinski definition) is 2. The van der Waals surface area contributed by atoms with Gasteiger partial charge in [-0.25, -0.2) is 23.5 Å². The number of ether oxygens (including phenoxy) is 2. The molecule has 3 aliphatic heterocycles. The van der Waals surface area contributed by atoms with E-state index in [0.29, 0.717) is 52.1 Å². The average molecular weight is 835 g/mol. The molecule has 2 saturated heterocycles. The van der Waals surface area contributed by atoms with E-state index in [0.717, 1.165) is 33.2 Å². The van der Waals surface area contributed by atoms with E-state index < -0.39 is 42.5 Å². The van der Waals surface area contributed by atoms with Crippen molar-refractivity contribution in [2.24, 2.45) is 5.92 Å². The number of carbonyl (C=O) groups excluding carboxylic acids is 2. The van der Waals surface area contributed by atoms with E-state index in [4.69, 9.17) is 18.8 Å². The van der Waals surface area contributed by atoms with E-state index >= 15 is 4.39 Å². The number of benzene rings is 3. The molecule has 2 amide bonds. The fourth-order valence-electron chi connectivity index (χ4n) is 8.23. The third kappa shape index (κ3) is 6.83. The number of carbonyl (C=O) groups is 2. The molecule has 0 radical (unpaired) electrons. The number of imidazole rings is 1. The zero-order chi connectivity index (χ0) is 42.2. The highest BCUT2D eigenvalue weighted by molar-refractivity contribution is 7.15. The SMILES string of the molecule is COC(=O)N[C@H](C(=O)N1CCC[C@H]1c1ncc(-c2cc(F)c3c(c2)OC(c2cnc(-c4ccc(F)cc4)s2)n2c-3cc3cc(B4OC(C)(C)C(C)(C)O4)ccc32)[nH]1)C(C)C. The van der Waals surface area contributed by atoms with E-state index in [1.807, 2.05) is 70.4 Å². The normalized spacial score (nSPS) is 19.6. The highest BCUT2D eigenvalue weighted by Crippen LogP contribution is 2.48. The molecule has 3 aromatic heterocycles. The minimum absolute atomic E-state index is 0.178. The summed E-state index contributed by atoms with van der Waals surface area (Å²) in [5, 5.41) is 4.21. The molecule has 310 valence electrons. The molecule has 12 nitrogen and oxygen atoms in total. The van der Waals surface area contributed by atoms with Crippen LogP contribution in [0.5, 0.6) is 5.75 Å². The van der Waals surface area contributed by atoms with Gasteiger partial charge in [0.2, 0.25) is 12.1 Å². The van der Waals surface area contributed by atoms with Crippen LogP contribution < -0.4 is 15.5 Å². The van der Waals surface area contributed by atoms with Crippen LogP contribution in [0.25, 0.3) is 44.0 Å². The molecule has 3 aliphatic rings. The Bertz CT molecular complexity index is 2620. The van der Waals surface area contributed by atoms with Crippen LogP contribution in [0.4, 0.5) is 13.6 Å². The number of nitrogens with zero attached hydrogens (tertiary/aromatic N) is 4. The third-order valence-corrected chi connectivity index (χ3v) is 13.3. The van der Waals surface area contributed by atoms with Gasteiger partial charge in [-0.1, -0.05) is 26.0 Å². The highest BCUT2D eigenvalue weighted by atomic mass is 32.1. The van der Waals surface area contributed by atoms with Crippen molar-refractivity contribution < 1.29 is 37.2 Å².